The maximum Gasteiger partial charge on any atom is 0.490 e. The van der Waals surface area contributed by atoms with E-state index in [1.165, 1.54) is 6.42 Å². The fraction of sp³-hybridized carbons (Fsp3) is 0.722. The lowest BCUT2D eigenvalue weighted by molar-refractivity contribution is -0.192. The van der Waals surface area contributed by atoms with Crippen LogP contribution in [0.15, 0.2) is 18.5 Å². The molecular formula is C18H25F3N4O4. The molecule has 0 aliphatic carbocycles. The molecular weight excluding hydrogens is 393 g/mol. The van der Waals surface area contributed by atoms with Crippen LogP contribution < -0.4 is 4.90 Å². The summed E-state index contributed by atoms with van der Waals surface area (Å²) in [5.74, 6) is -1.93. The Balaban J connectivity index is 0.000000298. The second-order valence-electron chi connectivity index (χ2n) is 7.36. The molecule has 1 unspecified atom stereocenters. The van der Waals surface area contributed by atoms with E-state index in [-0.39, 0.29) is 5.60 Å². The third-order valence-electron chi connectivity index (χ3n) is 5.46. The van der Waals surface area contributed by atoms with Crippen LogP contribution in [0.25, 0.3) is 0 Å². The zero-order valence-corrected chi connectivity index (χ0v) is 16.0. The van der Waals surface area contributed by atoms with Crippen molar-refractivity contribution in [2.24, 2.45) is 0 Å². The van der Waals surface area contributed by atoms with E-state index in [1.54, 1.807) is 0 Å². The molecule has 29 heavy (non-hydrogen) atoms. The summed E-state index contributed by atoms with van der Waals surface area (Å²) in [6, 6.07) is 2.48. The van der Waals surface area contributed by atoms with Gasteiger partial charge in [0.25, 0.3) is 0 Å². The number of rotatable bonds is 2. The quantitative estimate of drug-likeness (QED) is 0.775. The first-order chi connectivity index (χ1) is 13.8. The van der Waals surface area contributed by atoms with Crippen LogP contribution >= 0.6 is 0 Å². The molecule has 4 rings (SSSR count). The van der Waals surface area contributed by atoms with Gasteiger partial charge in [-0.1, -0.05) is 0 Å². The number of nitrogens with zero attached hydrogens (tertiary/aromatic N) is 4. The zero-order chi connectivity index (χ0) is 20.9. The number of aromatic nitrogens is 2. The maximum atomic E-state index is 10.6. The highest BCUT2D eigenvalue weighted by Gasteiger charge is 2.42. The number of likely N-dealkylation sites (tertiary alicyclic amines) is 1. The minimum Gasteiger partial charge on any atom is -0.475 e. The fourth-order valence-electron chi connectivity index (χ4n) is 3.88. The van der Waals surface area contributed by atoms with E-state index >= 15 is 0 Å². The van der Waals surface area contributed by atoms with E-state index < -0.39 is 12.1 Å². The van der Waals surface area contributed by atoms with Crippen LogP contribution in [-0.4, -0.2) is 89.8 Å². The molecule has 3 saturated heterocycles. The van der Waals surface area contributed by atoms with E-state index in [0.717, 1.165) is 64.8 Å². The second-order valence-corrected chi connectivity index (χ2v) is 7.36. The van der Waals surface area contributed by atoms with Crippen molar-refractivity contribution in [1.29, 1.82) is 0 Å². The number of piperidine rings is 1. The largest absolute Gasteiger partial charge is 0.490 e. The van der Waals surface area contributed by atoms with Gasteiger partial charge in [-0.25, -0.2) is 14.8 Å². The van der Waals surface area contributed by atoms with E-state index in [1.807, 2.05) is 18.5 Å². The summed E-state index contributed by atoms with van der Waals surface area (Å²) in [6.45, 7) is 6.59. The molecule has 0 radical (unpaired) electrons. The lowest BCUT2D eigenvalue weighted by atomic mass is 9.88. The summed E-state index contributed by atoms with van der Waals surface area (Å²) in [5.41, 5.74) is -0.0204. The van der Waals surface area contributed by atoms with Crippen molar-refractivity contribution in [3.63, 3.8) is 0 Å². The molecule has 8 nitrogen and oxygen atoms in total. The third-order valence-corrected chi connectivity index (χ3v) is 5.46. The van der Waals surface area contributed by atoms with Crippen LogP contribution in [0.2, 0.25) is 0 Å². The number of hydrogen-bond acceptors (Lipinski definition) is 7. The van der Waals surface area contributed by atoms with Crippen LogP contribution in [0.5, 0.6) is 0 Å². The topological polar surface area (TPSA) is 88.0 Å². The number of ether oxygens (including phenoxy) is 2. The van der Waals surface area contributed by atoms with Crippen LogP contribution in [0, 0.1) is 0 Å². The number of hydrogen-bond donors (Lipinski definition) is 1. The Morgan fingerprint density at radius 3 is 2.38 bits per heavy atom. The molecule has 1 spiro atoms. The Morgan fingerprint density at radius 2 is 1.83 bits per heavy atom. The maximum absolute atomic E-state index is 10.6. The minimum absolute atomic E-state index is 0.0204. The van der Waals surface area contributed by atoms with Crippen molar-refractivity contribution in [3.05, 3.63) is 18.5 Å². The van der Waals surface area contributed by atoms with Crippen molar-refractivity contribution in [2.45, 2.75) is 37.1 Å². The summed E-state index contributed by atoms with van der Waals surface area (Å²) in [5, 5.41) is 7.12. The predicted molar refractivity (Wildman–Crippen MR) is 96.6 cm³/mol. The Morgan fingerprint density at radius 1 is 1.17 bits per heavy atom. The van der Waals surface area contributed by atoms with E-state index in [2.05, 4.69) is 19.8 Å². The Hall–Kier alpha value is -1.98. The summed E-state index contributed by atoms with van der Waals surface area (Å²) in [6.07, 6.45) is 1.90. The predicted octanol–water partition coefficient (Wildman–Crippen LogP) is 1.57. The summed E-state index contributed by atoms with van der Waals surface area (Å²) in [4.78, 5) is 22.5. The first-order valence-corrected chi connectivity index (χ1v) is 9.57. The molecule has 3 aliphatic heterocycles. The van der Waals surface area contributed by atoms with Crippen LogP contribution in [0.3, 0.4) is 0 Å². The van der Waals surface area contributed by atoms with Gasteiger partial charge in [0.1, 0.15) is 0 Å². The lowest BCUT2D eigenvalue weighted by Gasteiger charge is -2.48. The molecule has 3 fully saturated rings. The summed E-state index contributed by atoms with van der Waals surface area (Å²) >= 11 is 0. The number of anilines is 1. The third kappa shape index (κ3) is 5.77. The number of morpholine rings is 1. The molecule has 4 heterocycles. The van der Waals surface area contributed by atoms with Crippen molar-refractivity contribution >= 4 is 11.9 Å². The molecule has 11 heteroatoms. The average molecular weight is 418 g/mol. The molecule has 162 valence electrons. The smallest absolute Gasteiger partial charge is 0.475 e. The van der Waals surface area contributed by atoms with Gasteiger partial charge < -0.3 is 19.5 Å². The second kappa shape index (κ2) is 9.23. The van der Waals surface area contributed by atoms with Crippen LogP contribution in [0.1, 0.15) is 19.3 Å². The van der Waals surface area contributed by atoms with Gasteiger partial charge in [0, 0.05) is 44.7 Å². The number of carboxylic acid groups (broad SMARTS) is 1. The van der Waals surface area contributed by atoms with Gasteiger partial charge in [0.2, 0.25) is 5.95 Å². The van der Waals surface area contributed by atoms with Gasteiger partial charge in [-0.05, 0) is 25.3 Å². The van der Waals surface area contributed by atoms with E-state index in [4.69, 9.17) is 19.4 Å². The van der Waals surface area contributed by atoms with Gasteiger partial charge in [-0.15, -0.1) is 0 Å². The number of carboxylic acids is 1. The molecule has 0 aromatic carbocycles. The van der Waals surface area contributed by atoms with Gasteiger partial charge in [0.05, 0.1) is 25.4 Å². The van der Waals surface area contributed by atoms with Gasteiger partial charge in [-0.3, -0.25) is 4.90 Å². The standard InChI is InChI=1S/C16H24N4O2.C2HF3O2/c1-5-17-15(18-6-1)20-9-11-22-16(13-20)3-7-19(8-4-16)14-2-10-21-12-14;3-2(4,5)1(6)7/h1,5-6,14H,2-4,7-13H2;(H,6,7). The first kappa shape index (κ1) is 21.7. The van der Waals surface area contributed by atoms with Crippen LogP contribution in [0.4, 0.5) is 19.1 Å². The molecule has 0 saturated carbocycles. The molecule has 1 atom stereocenters. The Bertz CT molecular complexity index is 663. The average Bonchev–Trinajstić information content (AvgIpc) is 3.24. The molecule has 1 aromatic heterocycles. The van der Waals surface area contributed by atoms with Crippen molar-refractivity contribution in [2.75, 3.05) is 50.9 Å². The molecule has 1 aromatic rings. The first-order valence-electron chi connectivity index (χ1n) is 9.57. The number of halogens is 3. The molecule has 1 N–H and O–H groups in total. The van der Waals surface area contributed by atoms with Gasteiger partial charge in [0.15, 0.2) is 0 Å². The van der Waals surface area contributed by atoms with Crippen molar-refractivity contribution in [3.8, 4) is 0 Å². The molecule has 0 amide bonds. The van der Waals surface area contributed by atoms with Crippen LogP contribution in [-0.2, 0) is 14.3 Å². The minimum atomic E-state index is -5.08. The lowest BCUT2D eigenvalue weighted by Crippen LogP contribution is -2.58. The molecule has 3 aliphatic rings. The normalized spacial score (nSPS) is 24.8. The molecule has 0 bridgehead atoms. The Labute approximate surface area is 166 Å². The van der Waals surface area contributed by atoms with Crippen molar-refractivity contribution in [1.82, 2.24) is 14.9 Å². The highest BCUT2D eigenvalue weighted by molar-refractivity contribution is 5.73. The number of carbonyl (C=O) groups is 1. The SMILES string of the molecule is O=C(O)C(F)(F)F.c1cnc(N2CCOC3(CCN(C4CCOC4)CC3)C2)nc1. The Kier molecular flexibility index (Phi) is 6.91. The summed E-state index contributed by atoms with van der Waals surface area (Å²) in [7, 11) is 0. The monoisotopic (exact) mass is 418 g/mol. The highest BCUT2D eigenvalue weighted by atomic mass is 19.4. The number of aliphatic carboxylic acids is 1. The van der Waals surface area contributed by atoms with E-state index in [0.29, 0.717) is 6.04 Å². The van der Waals surface area contributed by atoms with Crippen molar-refractivity contribution < 1.29 is 32.5 Å². The number of alkyl halides is 3. The highest BCUT2D eigenvalue weighted by Crippen LogP contribution is 2.32. The van der Waals surface area contributed by atoms with Gasteiger partial charge in [-0.2, -0.15) is 13.2 Å². The van der Waals surface area contributed by atoms with Gasteiger partial charge >= 0.3 is 12.1 Å². The fourth-order valence-corrected chi connectivity index (χ4v) is 3.88. The zero-order valence-electron chi connectivity index (χ0n) is 16.0. The van der Waals surface area contributed by atoms with E-state index in [9.17, 15) is 13.2 Å². The summed E-state index contributed by atoms with van der Waals surface area (Å²) < 4.78 is 43.5.